The van der Waals surface area contributed by atoms with Gasteiger partial charge in [-0.05, 0) is 39.7 Å². The molecule has 1 aliphatic rings. The molecular formula is C22H27FN8O. The summed E-state index contributed by atoms with van der Waals surface area (Å²) in [5.41, 5.74) is 14.6. The highest BCUT2D eigenvalue weighted by atomic mass is 19.1. The summed E-state index contributed by atoms with van der Waals surface area (Å²) in [6.45, 7) is 5.79. The van der Waals surface area contributed by atoms with Gasteiger partial charge in [-0.15, -0.1) is 0 Å². The van der Waals surface area contributed by atoms with Crippen LogP contribution in [0.25, 0.3) is 11.4 Å². The number of nitrogens with zero attached hydrogens (tertiary/aromatic N) is 5. The number of halogens is 1. The van der Waals surface area contributed by atoms with Gasteiger partial charge >= 0.3 is 0 Å². The summed E-state index contributed by atoms with van der Waals surface area (Å²) < 4.78 is 19.3. The Morgan fingerprint density at radius 3 is 2.62 bits per heavy atom. The highest BCUT2D eigenvalue weighted by Crippen LogP contribution is 2.47. The van der Waals surface area contributed by atoms with Crippen molar-refractivity contribution in [1.29, 1.82) is 0 Å². The number of aromatic nitrogens is 5. The number of nitrogens with one attached hydrogen (secondary N) is 1. The molecule has 0 atom stereocenters. The third-order valence-electron chi connectivity index (χ3n) is 5.78. The Bertz CT molecular complexity index is 1160. The molecule has 0 unspecified atom stereocenters. The molecule has 0 saturated heterocycles. The van der Waals surface area contributed by atoms with Gasteiger partial charge in [-0.25, -0.2) is 14.4 Å². The zero-order chi connectivity index (χ0) is 23.0. The average Bonchev–Trinajstić information content (AvgIpc) is 3.18. The van der Waals surface area contributed by atoms with Gasteiger partial charge in [0.2, 0.25) is 0 Å². The summed E-state index contributed by atoms with van der Waals surface area (Å²) in [4.78, 5) is 18.0. The molecular weight excluding hydrogens is 411 g/mol. The Balaban J connectivity index is 1.52. The zero-order valence-electron chi connectivity index (χ0n) is 18.6. The van der Waals surface area contributed by atoms with Crippen molar-refractivity contribution in [2.24, 2.45) is 16.5 Å². The van der Waals surface area contributed by atoms with Crippen molar-refractivity contribution in [3.63, 3.8) is 0 Å². The monoisotopic (exact) mass is 438 g/mol. The molecule has 32 heavy (non-hydrogen) atoms. The molecule has 1 aromatic carbocycles. The van der Waals surface area contributed by atoms with Gasteiger partial charge in [0.1, 0.15) is 5.82 Å². The number of aliphatic imine (C=N–C) groups is 1. The molecule has 1 saturated carbocycles. The van der Waals surface area contributed by atoms with Crippen LogP contribution in [0.5, 0.6) is 5.75 Å². The Hall–Kier alpha value is -3.40. The van der Waals surface area contributed by atoms with E-state index in [1.165, 1.54) is 19.2 Å². The molecule has 168 valence electrons. The molecule has 0 bridgehead atoms. The smallest absolute Gasteiger partial charge is 0.183 e. The number of H-pyrrole nitrogens is 1. The molecule has 4 rings (SSSR count). The van der Waals surface area contributed by atoms with Crippen LogP contribution in [0.2, 0.25) is 0 Å². The number of benzene rings is 1. The highest BCUT2D eigenvalue weighted by Gasteiger charge is 2.36. The first-order valence-electron chi connectivity index (χ1n) is 10.4. The minimum absolute atomic E-state index is 0.0764. The normalized spacial score (nSPS) is 18.7. The van der Waals surface area contributed by atoms with Crippen LogP contribution in [0.1, 0.15) is 61.4 Å². The van der Waals surface area contributed by atoms with E-state index in [1.54, 1.807) is 6.20 Å². The van der Waals surface area contributed by atoms with Crippen molar-refractivity contribution in [2.75, 3.05) is 7.11 Å². The summed E-state index contributed by atoms with van der Waals surface area (Å²) in [5, 5.41) is 7.27. The number of hydrogen-bond acceptors (Lipinski definition) is 7. The van der Waals surface area contributed by atoms with E-state index in [9.17, 15) is 4.39 Å². The number of hydrogen-bond donors (Lipinski definition) is 3. The van der Waals surface area contributed by atoms with Gasteiger partial charge < -0.3 is 16.2 Å². The zero-order valence-corrected chi connectivity index (χ0v) is 18.6. The third-order valence-corrected chi connectivity index (χ3v) is 5.78. The minimum Gasteiger partial charge on any atom is -0.494 e. The maximum absolute atomic E-state index is 14.3. The number of nitrogens with two attached hydrogens (primary N) is 2. The summed E-state index contributed by atoms with van der Waals surface area (Å²) in [7, 11) is 1.39. The molecule has 2 aromatic heterocycles. The van der Waals surface area contributed by atoms with Crippen LogP contribution < -0.4 is 16.2 Å². The minimum atomic E-state index is -0.525. The quantitative estimate of drug-likeness (QED) is 0.396. The standard InChI is InChI=1S/C22H27FN8O/c1-11-19(26-9-18(28-11)22(2,3)25)12-5-13(6-12)20-29-21(31-30-20)14-7-15(23)17(32-4)8-16(14)27-10-24/h7-10,12-13H,5-6,25H2,1-4H3,(H2,24,27)(H,29,30,31). The van der Waals surface area contributed by atoms with Gasteiger partial charge in [0.05, 0.1) is 48.0 Å². The molecule has 3 aromatic rings. The molecule has 10 heteroatoms. The first kappa shape index (κ1) is 21.8. The lowest BCUT2D eigenvalue weighted by Crippen LogP contribution is -2.31. The van der Waals surface area contributed by atoms with Crippen LogP contribution in [0.4, 0.5) is 10.1 Å². The van der Waals surface area contributed by atoms with Crippen LogP contribution in [-0.4, -0.2) is 38.6 Å². The van der Waals surface area contributed by atoms with Gasteiger partial charge in [0.25, 0.3) is 0 Å². The molecule has 0 amide bonds. The van der Waals surface area contributed by atoms with E-state index in [2.05, 4.69) is 30.1 Å². The van der Waals surface area contributed by atoms with E-state index in [4.69, 9.17) is 16.2 Å². The first-order chi connectivity index (χ1) is 15.2. The average molecular weight is 439 g/mol. The molecule has 1 aliphatic carbocycles. The summed E-state index contributed by atoms with van der Waals surface area (Å²) in [6, 6.07) is 2.77. The number of aryl methyl sites for hydroxylation is 1. The molecule has 9 nitrogen and oxygen atoms in total. The van der Waals surface area contributed by atoms with Crippen LogP contribution in [0, 0.1) is 12.7 Å². The fraction of sp³-hybridized carbons (Fsp3) is 0.409. The summed E-state index contributed by atoms with van der Waals surface area (Å²) in [6.07, 6.45) is 4.65. The largest absolute Gasteiger partial charge is 0.494 e. The van der Waals surface area contributed by atoms with Gasteiger partial charge in [-0.2, -0.15) is 5.10 Å². The molecule has 0 aliphatic heterocycles. The SMILES string of the molecule is COc1cc(N=CN)c(-c2n[nH]c(C3CC(c4ncc(C(C)(C)N)nc4C)C3)n2)cc1F. The Kier molecular flexibility index (Phi) is 5.64. The topological polar surface area (TPSA) is 141 Å². The van der Waals surface area contributed by atoms with E-state index in [0.717, 1.165) is 42.1 Å². The summed E-state index contributed by atoms with van der Waals surface area (Å²) in [5.74, 6) is 1.17. The fourth-order valence-corrected chi connectivity index (χ4v) is 3.91. The van der Waals surface area contributed by atoms with Gasteiger partial charge in [-0.3, -0.25) is 15.1 Å². The third kappa shape index (κ3) is 4.05. The van der Waals surface area contributed by atoms with Crippen molar-refractivity contribution >= 4 is 12.0 Å². The fourth-order valence-electron chi connectivity index (χ4n) is 3.91. The van der Waals surface area contributed by atoms with Crippen molar-refractivity contribution in [3.8, 4) is 17.1 Å². The Morgan fingerprint density at radius 1 is 1.25 bits per heavy atom. The van der Waals surface area contributed by atoms with Crippen molar-refractivity contribution in [3.05, 3.63) is 47.1 Å². The molecule has 5 N–H and O–H groups in total. The second kappa shape index (κ2) is 8.27. The lowest BCUT2D eigenvalue weighted by atomic mass is 9.72. The van der Waals surface area contributed by atoms with Crippen molar-refractivity contribution in [1.82, 2.24) is 25.1 Å². The molecule has 1 fully saturated rings. The molecule has 2 heterocycles. The Morgan fingerprint density at radius 2 is 2.00 bits per heavy atom. The summed E-state index contributed by atoms with van der Waals surface area (Å²) >= 11 is 0. The van der Waals surface area contributed by atoms with Gasteiger partial charge in [-0.1, -0.05) is 0 Å². The number of rotatable bonds is 6. The van der Waals surface area contributed by atoms with E-state index in [1.807, 2.05) is 20.8 Å². The number of methoxy groups -OCH3 is 1. The van der Waals surface area contributed by atoms with E-state index < -0.39 is 11.4 Å². The second-order valence-corrected chi connectivity index (χ2v) is 8.64. The van der Waals surface area contributed by atoms with E-state index in [-0.39, 0.29) is 11.7 Å². The molecule has 0 radical (unpaired) electrons. The number of aromatic amines is 1. The van der Waals surface area contributed by atoms with Gasteiger partial charge in [0.15, 0.2) is 17.4 Å². The lowest BCUT2D eigenvalue weighted by Gasteiger charge is -2.34. The number of ether oxygens (including phenoxy) is 1. The van der Waals surface area contributed by atoms with Gasteiger partial charge in [0, 0.05) is 23.5 Å². The van der Waals surface area contributed by atoms with Crippen LogP contribution >= 0.6 is 0 Å². The lowest BCUT2D eigenvalue weighted by molar-refractivity contribution is 0.330. The molecule has 0 spiro atoms. The van der Waals surface area contributed by atoms with Crippen molar-refractivity contribution < 1.29 is 9.13 Å². The van der Waals surface area contributed by atoms with Crippen molar-refractivity contribution in [2.45, 2.75) is 51.0 Å². The predicted octanol–water partition coefficient (Wildman–Crippen LogP) is 3.19. The van der Waals surface area contributed by atoms with Crippen LogP contribution in [0.15, 0.2) is 23.3 Å². The van der Waals surface area contributed by atoms with Crippen LogP contribution in [0.3, 0.4) is 0 Å². The first-order valence-corrected chi connectivity index (χ1v) is 10.4. The highest BCUT2D eigenvalue weighted by molar-refractivity contribution is 5.76. The Labute approximate surface area is 185 Å². The predicted molar refractivity (Wildman–Crippen MR) is 119 cm³/mol. The van der Waals surface area contributed by atoms with E-state index >= 15 is 0 Å². The van der Waals surface area contributed by atoms with Crippen LogP contribution in [-0.2, 0) is 5.54 Å². The maximum atomic E-state index is 14.3. The maximum Gasteiger partial charge on any atom is 0.183 e. The van der Waals surface area contributed by atoms with E-state index in [0.29, 0.717) is 23.0 Å². The second-order valence-electron chi connectivity index (χ2n) is 8.64.